The third kappa shape index (κ3) is 3.55. The molecule has 6 nitrogen and oxygen atoms in total. The van der Waals surface area contributed by atoms with Crippen LogP contribution in [0.3, 0.4) is 0 Å². The summed E-state index contributed by atoms with van der Waals surface area (Å²) in [6.07, 6.45) is 0.795. The average molecular weight is 393 g/mol. The number of carbonyl (C=O) groups excluding carboxylic acids is 1. The van der Waals surface area contributed by atoms with E-state index in [4.69, 9.17) is 9.47 Å². The number of hydrogen-bond acceptors (Lipinski definition) is 4. The molecule has 0 spiro atoms. The molecule has 0 aliphatic carbocycles. The number of aromatic amines is 1. The first-order valence-corrected chi connectivity index (χ1v) is 10.2. The largest absolute Gasteiger partial charge is 0.490 e. The second kappa shape index (κ2) is 7.78. The zero-order chi connectivity index (χ0) is 20.5. The molecule has 1 aliphatic heterocycles. The maximum atomic E-state index is 13.3. The molecule has 1 aromatic heterocycles. The molecule has 0 fully saturated rings. The van der Waals surface area contributed by atoms with E-state index in [9.17, 15) is 4.79 Å². The van der Waals surface area contributed by atoms with E-state index in [1.54, 1.807) is 0 Å². The molecule has 2 heterocycles. The maximum absolute atomic E-state index is 13.3. The van der Waals surface area contributed by atoms with Crippen LogP contribution in [0.4, 0.5) is 0 Å². The number of aromatic nitrogens is 2. The lowest BCUT2D eigenvalue weighted by Gasteiger charge is -2.36. The van der Waals surface area contributed by atoms with E-state index in [2.05, 4.69) is 23.0 Å². The van der Waals surface area contributed by atoms with Crippen molar-refractivity contribution < 1.29 is 14.3 Å². The molecule has 29 heavy (non-hydrogen) atoms. The van der Waals surface area contributed by atoms with Gasteiger partial charge in [0.15, 0.2) is 11.5 Å². The summed E-state index contributed by atoms with van der Waals surface area (Å²) in [6, 6.07) is 9.72. The number of rotatable bonds is 5. The number of hydrogen-bond donors (Lipinski definition) is 1. The minimum atomic E-state index is -0.0414. The van der Waals surface area contributed by atoms with Crippen LogP contribution in [0.2, 0.25) is 0 Å². The summed E-state index contributed by atoms with van der Waals surface area (Å²) >= 11 is 0. The number of aryl methyl sites for hydroxylation is 1. The summed E-state index contributed by atoms with van der Waals surface area (Å²) in [5.41, 5.74) is 4.77. The number of carbonyl (C=O) groups is 1. The van der Waals surface area contributed by atoms with Crippen molar-refractivity contribution >= 4 is 16.9 Å². The zero-order valence-electron chi connectivity index (χ0n) is 17.4. The lowest BCUT2D eigenvalue weighted by molar-refractivity contribution is 0.0677. The van der Waals surface area contributed by atoms with Gasteiger partial charge in [0.1, 0.15) is 5.82 Å². The Morgan fingerprint density at radius 2 is 1.90 bits per heavy atom. The molecule has 0 saturated heterocycles. The van der Waals surface area contributed by atoms with Crippen molar-refractivity contribution in [3.63, 3.8) is 0 Å². The van der Waals surface area contributed by atoms with E-state index in [1.807, 2.05) is 49.9 Å². The number of benzene rings is 2. The van der Waals surface area contributed by atoms with Gasteiger partial charge in [0.2, 0.25) is 0 Å². The van der Waals surface area contributed by atoms with Crippen LogP contribution >= 0.6 is 0 Å². The Morgan fingerprint density at radius 1 is 1.17 bits per heavy atom. The number of nitrogens with one attached hydrogen (secondary N) is 1. The lowest BCUT2D eigenvalue weighted by atomic mass is 9.92. The van der Waals surface area contributed by atoms with Crippen molar-refractivity contribution in [2.75, 3.05) is 19.8 Å². The molecule has 4 rings (SSSR count). The number of H-pyrrole nitrogens is 1. The standard InChI is InChI=1S/C23H27N3O3/c1-5-28-21-12-16-9-10-26(14(3)18(16)13-22(21)29-6-2)23(27)17-7-8-19-20(11-17)25-15(4)24-19/h7-8,11-14H,5-6,9-10H2,1-4H3,(H,24,25)/t14-/m1/s1. The van der Waals surface area contributed by atoms with Gasteiger partial charge in [-0.3, -0.25) is 4.79 Å². The van der Waals surface area contributed by atoms with Crippen LogP contribution in [-0.2, 0) is 6.42 Å². The molecule has 1 N–H and O–H groups in total. The fourth-order valence-corrected chi connectivity index (χ4v) is 4.08. The van der Waals surface area contributed by atoms with Crippen molar-refractivity contribution in [1.82, 2.24) is 14.9 Å². The van der Waals surface area contributed by atoms with Crippen molar-refractivity contribution in [2.24, 2.45) is 0 Å². The molecular formula is C23H27N3O3. The third-order valence-corrected chi connectivity index (χ3v) is 5.45. The van der Waals surface area contributed by atoms with Gasteiger partial charge in [0.25, 0.3) is 5.91 Å². The topological polar surface area (TPSA) is 67.5 Å². The van der Waals surface area contributed by atoms with Crippen molar-refractivity contribution in [3.8, 4) is 11.5 Å². The van der Waals surface area contributed by atoms with Gasteiger partial charge in [-0.1, -0.05) is 0 Å². The van der Waals surface area contributed by atoms with Crippen LogP contribution in [0.1, 0.15) is 54.1 Å². The molecule has 1 atom stereocenters. The molecule has 0 radical (unpaired) electrons. The van der Waals surface area contributed by atoms with E-state index in [0.717, 1.165) is 40.3 Å². The first-order chi connectivity index (χ1) is 14.0. The Bertz CT molecular complexity index is 1060. The smallest absolute Gasteiger partial charge is 0.254 e. The van der Waals surface area contributed by atoms with Crippen LogP contribution in [0.5, 0.6) is 11.5 Å². The van der Waals surface area contributed by atoms with Crippen LogP contribution in [0, 0.1) is 6.92 Å². The fraction of sp³-hybridized carbons (Fsp3) is 0.391. The highest BCUT2D eigenvalue weighted by Crippen LogP contribution is 2.38. The Balaban J connectivity index is 1.65. The average Bonchev–Trinajstić information content (AvgIpc) is 3.08. The van der Waals surface area contributed by atoms with Gasteiger partial charge in [-0.2, -0.15) is 0 Å². The normalized spacial score (nSPS) is 16.0. The summed E-state index contributed by atoms with van der Waals surface area (Å²) in [7, 11) is 0. The third-order valence-electron chi connectivity index (χ3n) is 5.45. The predicted octanol–water partition coefficient (Wildman–Crippen LogP) is 4.43. The summed E-state index contributed by atoms with van der Waals surface area (Å²) in [4.78, 5) is 22.8. The first-order valence-electron chi connectivity index (χ1n) is 10.2. The number of fused-ring (bicyclic) bond motifs is 2. The maximum Gasteiger partial charge on any atom is 0.254 e. The Morgan fingerprint density at radius 3 is 2.62 bits per heavy atom. The van der Waals surface area contributed by atoms with E-state index < -0.39 is 0 Å². The highest BCUT2D eigenvalue weighted by molar-refractivity contribution is 5.97. The minimum absolute atomic E-state index is 0.0316. The molecule has 0 saturated carbocycles. The molecule has 3 aromatic rings. The number of imidazole rings is 1. The second-order valence-electron chi connectivity index (χ2n) is 7.34. The van der Waals surface area contributed by atoms with Gasteiger partial charge < -0.3 is 19.4 Å². The van der Waals surface area contributed by atoms with E-state index in [-0.39, 0.29) is 11.9 Å². The van der Waals surface area contributed by atoms with E-state index in [1.165, 1.54) is 5.56 Å². The molecule has 1 amide bonds. The van der Waals surface area contributed by atoms with Crippen LogP contribution in [0.25, 0.3) is 11.0 Å². The molecule has 1 aliphatic rings. The molecule has 6 heteroatoms. The molecule has 2 aromatic carbocycles. The Labute approximate surface area is 170 Å². The SMILES string of the molecule is CCOc1cc2c(cc1OCC)[C@@H](C)N(C(=O)c1ccc3nc(C)[nH]c3c1)CC2. The molecule has 0 bridgehead atoms. The van der Waals surface area contributed by atoms with Crippen LogP contribution < -0.4 is 9.47 Å². The Kier molecular flexibility index (Phi) is 5.18. The van der Waals surface area contributed by atoms with Gasteiger partial charge in [-0.15, -0.1) is 0 Å². The minimum Gasteiger partial charge on any atom is -0.490 e. The van der Waals surface area contributed by atoms with Gasteiger partial charge in [0, 0.05) is 12.1 Å². The summed E-state index contributed by atoms with van der Waals surface area (Å²) in [6.45, 7) is 9.75. The summed E-state index contributed by atoms with van der Waals surface area (Å²) < 4.78 is 11.6. The van der Waals surface area contributed by atoms with Gasteiger partial charge in [0.05, 0.1) is 30.3 Å². The highest BCUT2D eigenvalue weighted by Gasteiger charge is 2.30. The van der Waals surface area contributed by atoms with Crippen LogP contribution in [-0.4, -0.2) is 40.5 Å². The predicted molar refractivity (Wildman–Crippen MR) is 113 cm³/mol. The van der Waals surface area contributed by atoms with Crippen molar-refractivity contribution in [3.05, 3.63) is 52.8 Å². The summed E-state index contributed by atoms with van der Waals surface area (Å²) in [5.74, 6) is 2.39. The van der Waals surface area contributed by atoms with E-state index in [0.29, 0.717) is 25.3 Å². The summed E-state index contributed by atoms with van der Waals surface area (Å²) in [5, 5.41) is 0. The quantitative estimate of drug-likeness (QED) is 0.696. The van der Waals surface area contributed by atoms with E-state index >= 15 is 0 Å². The molecule has 152 valence electrons. The number of nitrogens with zero attached hydrogens (tertiary/aromatic N) is 2. The van der Waals surface area contributed by atoms with Gasteiger partial charge in [-0.25, -0.2) is 4.98 Å². The first kappa shape index (κ1) is 19.3. The molecular weight excluding hydrogens is 366 g/mol. The Hall–Kier alpha value is -3.02. The van der Waals surface area contributed by atoms with Gasteiger partial charge >= 0.3 is 0 Å². The monoisotopic (exact) mass is 393 g/mol. The van der Waals surface area contributed by atoms with Crippen molar-refractivity contribution in [2.45, 2.75) is 40.2 Å². The highest BCUT2D eigenvalue weighted by atomic mass is 16.5. The second-order valence-corrected chi connectivity index (χ2v) is 7.34. The lowest BCUT2D eigenvalue weighted by Crippen LogP contribution is -2.38. The zero-order valence-corrected chi connectivity index (χ0v) is 17.4. The van der Waals surface area contributed by atoms with Crippen LogP contribution in [0.15, 0.2) is 30.3 Å². The number of amides is 1. The molecule has 0 unspecified atom stereocenters. The fourth-order valence-electron chi connectivity index (χ4n) is 4.08. The van der Waals surface area contributed by atoms with Crippen molar-refractivity contribution in [1.29, 1.82) is 0 Å². The van der Waals surface area contributed by atoms with Gasteiger partial charge in [-0.05, 0) is 75.6 Å². The number of ether oxygens (including phenoxy) is 2.